The van der Waals surface area contributed by atoms with Crippen molar-refractivity contribution in [3.8, 4) is 0 Å². The zero-order valence-corrected chi connectivity index (χ0v) is 11.5. The summed E-state index contributed by atoms with van der Waals surface area (Å²) in [6.07, 6.45) is 1.60. The summed E-state index contributed by atoms with van der Waals surface area (Å²) in [4.78, 5) is 17.8. The molecule has 0 spiro atoms. The molecule has 1 saturated heterocycles. The Morgan fingerprint density at radius 1 is 1.78 bits per heavy atom. The summed E-state index contributed by atoms with van der Waals surface area (Å²) in [5, 5.41) is 14.8. The summed E-state index contributed by atoms with van der Waals surface area (Å²) >= 11 is 1.57. The van der Waals surface area contributed by atoms with Crippen molar-refractivity contribution >= 4 is 17.3 Å². The molecular formula is C12H19N3O2S. The number of rotatable bonds is 5. The first-order valence-corrected chi connectivity index (χ1v) is 7.01. The number of aromatic nitrogens is 1. The number of thiazole rings is 1. The van der Waals surface area contributed by atoms with Gasteiger partial charge in [-0.3, -0.25) is 4.79 Å². The van der Waals surface area contributed by atoms with Crippen LogP contribution in [0.3, 0.4) is 0 Å². The van der Waals surface area contributed by atoms with Crippen molar-refractivity contribution in [1.82, 2.24) is 15.2 Å². The van der Waals surface area contributed by atoms with E-state index in [4.69, 9.17) is 5.11 Å². The van der Waals surface area contributed by atoms with Crippen molar-refractivity contribution in [3.05, 3.63) is 16.1 Å². The lowest BCUT2D eigenvalue weighted by atomic mass is 10.1. The summed E-state index contributed by atoms with van der Waals surface area (Å²) in [7, 11) is 3.79. The van der Waals surface area contributed by atoms with Gasteiger partial charge in [0, 0.05) is 24.3 Å². The Labute approximate surface area is 111 Å². The van der Waals surface area contributed by atoms with Crippen LogP contribution in [0.5, 0.6) is 0 Å². The van der Waals surface area contributed by atoms with Gasteiger partial charge in [0.15, 0.2) is 0 Å². The molecule has 2 N–H and O–H groups in total. The molecule has 1 aliphatic rings. The van der Waals surface area contributed by atoms with Gasteiger partial charge in [0.25, 0.3) is 0 Å². The van der Waals surface area contributed by atoms with E-state index < -0.39 is 12.0 Å². The fraction of sp³-hybridized carbons (Fsp3) is 0.667. The maximum atomic E-state index is 10.9. The van der Waals surface area contributed by atoms with Crippen LogP contribution in [0.25, 0.3) is 0 Å². The van der Waals surface area contributed by atoms with Gasteiger partial charge in [-0.1, -0.05) is 0 Å². The molecule has 100 valence electrons. The molecule has 6 heteroatoms. The molecule has 1 aromatic heterocycles. The Morgan fingerprint density at radius 2 is 2.56 bits per heavy atom. The fourth-order valence-corrected chi connectivity index (χ4v) is 3.19. The van der Waals surface area contributed by atoms with E-state index in [1.807, 2.05) is 0 Å². The molecule has 0 radical (unpaired) electrons. The van der Waals surface area contributed by atoms with Gasteiger partial charge in [0.1, 0.15) is 6.04 Å². The maximum absolute atomic E-state index is 10.9. The molecule has 1 aromatic rings. The number of aliphatic carboxylic acids is 1. The monoisotopic (exact) mass is 269 g/mol. The first-order chi connectivity index (χ1) is 8.60. The van der Waals surface area contributed by atoms with E-state index in [0.29, 0.717) is 12.3 Å². The van der Waals surface area contributed by atoms with Gasteiger partial charge in [0.05, 0.1) is 10.7 Å². The molecule has 2 heterocycles. The molecule has 0 saturated carbocycles. The highest BCUT2D eigenvalue weighted by Gasteiger charge is 2.24. The van der Waals surface area contributed by atoms with Crippen LogP contribution in [0, 0.1) is 0 Å². The summed E-state index contributed by atoms with van der Waals surface area (Å²) in [6.45, 7) is 2.17. The van der Waals surface area contributed by atoms with E-state index in [2.05, 4.69) is 27.6 Å². The molecule has 18 heavy (non-hydrogen) atoms. The van der Waals surface area contributed by atoms with Crippen molar-refractivity contribution in [3.63, 3.8) is 0 Å². The zero-order valence-electron chi connectivity index (χ0n) is 10.7. The van der Waals surface area contributed by atoms with Gasteiger partial charge in [-0.2, -0.15) is 0 Å². The minimum absolute atomic E-state index is 0.457. The van der Waals surface area contributed by atoms with Gasteiger partial charge in [0.2, 0.25) is 0 Å². The minimum atomic E-state index is -0.824. The Morgan fingerprint density at radius 3 is 3.11 bits per heavy atom. The Balaban J connectivity index is 1.99. The minimum Gasteiger partial charge on any atom is -0.480 e. The predicted molar refractivity (Wildman–Crippen MR) is 71.2 cm³/mol. The number of likely N-dealkylation sites (tertiary alicyclic amines) is 1. The van der Waals surface area contributed by atoms with Crippen LogP contribution >= 0.6 is 11.3 Å². The van der Waals surface area contributed by atoms with Crippen LogP contribution < -0.4 is 5.32 Å². The standard InChI is InChI=1S/C12H19N3O2S/c1-13-9(12(16)17)5-11-14-10(7-18-11)8-3-4-15(2)6-8/h7-9,13H,3-6H2,1-2H3,(H,16,17). The van der Waals surface area contributed by atoms with Gasteiger partial charge in [-0.05, 0) is 27.1 Å². The number of nitrogens with one attached hydrogen (secondary N) is 1. The topological polar surface area (TPSA) is 65.5 Å². The fourth-order valence-electron chi connectivity index (χ4n) is 2.27. The van der Waals surface area contributed by atoms with Crippen LogP contribution in [-0.2, 0) is 11.2 Å². The van der Waals surface area contributed by atoms with E-state index in [1.165, 1.54) is 0 Å². The Kier molecular flexibility index (Phi) is 4.31. The third-order valence-electron chi connectivity index (χ3n) is 3.40. The third kappa shape index (κ3) is 3.07. The van der Waals surface area contributed by atoms with Crippen LogP contribution in [0.4, 0.5) is 0 Å². The van der Waals surface area contributed by atoms with Crippen molar-refractivity contribution < 1.29 is 9.90 Å². The van der Waals surface area contributed by atoms with Crippen LogP contribution in [0.2, 0.25) is 0 Å². The van der Waals surface area contributed by atoms with Gasteiger partial charge in [-0.25, -0.2) is 4.98 Å². The van der Waals surface area contributed by atoms with Crippen LogP contribution in [0.15, 0.2) is 5.38 Å². The number of carboxylic acids is 1. The predicted octanol–water partition coefficient (Wildman–Crippen LogP) is 0.777. The van der Waals surface area contributed by atoms with E-state index >= 15 is 0 Å². The number of carboxylic acid groups (broad SMARTS) is 1. The summed E-state index contributed by atoms with van der Waals surface area (Å²) in [5.41, 5.74) is 1.12. The lowest BCUT2D eigenvalue weighted by Crippen LogP contribution is -2.35. The number of nitrogens with zero attached hydrogens (tertiary/aromatic N) is 2. The van der Waals surface area contributed by atoms with E-state index in [9.17, 15) is 4.79 Å². The molecule has 5 nitrogen and oxygen atoms in total. The molecule has 0 amide bonds. The number of hydrogen-bond acceptors (Lipinski definition) is 5. The number of likely N-dealkylation sites (N-methyl/N-ethyl adjacent to an activating group) is 2. The van der Waals surface area contributed by atoms with E-state index in [0.717, 1.165) is 30.2 Å². The average molecular weight is 269 g/mol. The number of hydrogen-bond donors (Lipinski definition) is 2. The van der Waals surface area contributed by atoms with Crippen LogP contribution in [0.1, 0.15) is 23.0 Å². The molecule has 2 unspecified atom stereocenters. The average Bonchev–Trinajstić information content (AvgIpc) is 2.94. The molecule has 2 atom stereocenters. The Hall–Kier alpha value is -0.980. The first-order valence-electron chi connectivity index (χ1n) is 6.13. The van der Waals surface area contributed by atoms with E-state index in [-0.39, 0.29) is 0 Å². The zero-order chi connectivity index (χ0) is 13.1. The lowest BCUT2D eigenvalue weighted by Gasteiger charge is -2.09. The molecule has 1 aliphatic heterocycles. The van der Waals surface area contributed by atoms with Gasteiger partial charge >= 0.3 is 5.97 Å². The summed E-state index contributed by atoms with van der Waals surface area (Å²) < 4.78 is 0. The molecule has 1 fully saturated rings. The molecule has 0 bridgehead atoms. The van der Waals surface area contributed by atoms with Crippen molar-refractivity contribution in [2.45, 2.75) is 24.8 Å². The van der Waals surface area contributed by atoms with Gasteiger partial charge < -0.3 is 15.3 Å². The van der Waals surface area contributed by atoms with Gasteiger partial charge in [-0.15, -0.1) is 11.3 Å². The van der Waals surface area contributed by atoms with Crippen molar-refractivity contribution in [1.29, 1.82) is 0 Å². The highest BCUT2D eigenvalue weighted by molar-refractivity contribution is 7.09. The second-order valence-electron chi connectivity index (χ2n) is 4.80. The van der Waals surface area contributed by atoms with Crippen molar-refractivity contribution in [2.24, 2.45) is 0 Å². The summed E-state index contributed by atoms with van der Waals surface area (Å²) in [6, 6.07) is -0.546. The SMILES string of the molecule is CNC(Cc1nc(C2CCN(C)C2)cs1)C(=O)O. The number of carbonyl (C=O) groups is 1. The molecule has 0 aliphatic carbocycles. The second kappa shape index (κ2) is 5.77. The Bertz CT molecular complexity index is 421. The molecule has 0 aromatic carbocycles. The highest BCUT2D eigenvalue weighted by atomic mass is 32.1. The first kappa shape index (κ1) is 13.5. The molecule has 2 rings (SSSR count). The lowest BCUT2D eigenvalue weighted by molar-refractivity contribution is -0.139. The quantitative estimate of drug-likeness (QED) is 0.827. The van der Waals surface area contributed by atoms with Crippen molar-refractivity contribution in [2.75, 3.05) is 27.2 Å². The van der Waals surface area contributed by atoms with E-state index in [1.54, 1.807) is 18.4 Å². The second-order valence-corrected chi connectivity index (χ2v) is 5.74. The maximum Gasteiger partial charge on any atom is 0.321 e. The normalized spacial score (nSPS) is 22.2. The molecular weight excluding hydrogens is 250 g/mol. The highest BCUT2D eigenvalue weighted by Crippen LogP contribution is 2.27. The van der Waals surface area contributed by atoms with Crippen LogP contribution in [-0.4, -0.2) is 54.2 Å². The third-order valence-corrected chi connectivity index (χ3v) is 4.29. The smallest absolute Gasteiger partial charge is 0.321 e. The summed E-state index contributed by atoms with van der Waals surface area (Å²) in [5.74, 6) is -0.312. The largest absolute Gasteiger partial charge is 0.480 e.